The molecule has 1 atom stereocenters. The summed E-state index contributed by atoms with van der Waals surface area (Å²) in [5.41, 5.74) is 0. The zero-order valence-corrected chi connectivity index (χ0v) is 17.3. The third-order valence-electron chi connectivity index (χ3n) is 6.26. The van der Waals surface area contributed by atoms with Gasteiger partial charge in [0.25, 0.3) is 0 Å². The predicted octanol–water partition coefficient (Wildman–Crippen LogP) is 3.31. The second-order valence-electron chi connectivity index (χ2n) is 8.79. The van der Waals surface area contributed by atoms with E-state index in [1.807, 2.05) is 0 Å². The van der Waals surface area contributed by atoms with Crippen molar-refractivity contribution in [3.05, 3.63) is 11.8 Å². The van der Waals surface area contributed by atoms with Crippen molar-refractivity contribution in [1.29, 1.82) is 0 Å². The predicted molar refractivity (Wildman–Crippen MR) is 105 cm³/mol. The topological polar surface area (TPSA) is 62.5 Å². The van der Waals surface area contributed by atoms with Gasteiger partial charge in [-0.15, -0.1) is 10.2 Å². The number of hydrogen-bond donors (Lipinski definition) is 0. The summed E-state index contributed by atoms with van der Waals surface area (Å²) in [5.74, 6) is 2.84. The van der Waals surface area contributed by atoms with Crippen LogP contribution in [-0.4, -0.2) is 58.6 Å². The van der Waals surface area contributed by atoms with Gasteiger partial charge in [0.1, 0.15) is 0 Å². The summed E-state index contributed by atoms with van der Waals surface area (Å²) in [6, 6.07) is 0.296. The average molecular weight is 377 g/mol. The molecule has 0 spiro atoms. The van der Waals surface area contributed by atoms with Crippen LogP contribution >= 0.6 is 0 Å². The first-order valence-electron chi connectivity index (χ1n) is 10.8. The van der Waals surface area contributed by atoms with Gasteiger partial charge >= 0.3 is 0 Å². The molecule has 6 nitrogen and oxygen atoms in total. The van der Waals surface area contributed by atoms with E-state index in [1.165, 1.54) is 32.1 Å². The van der Waals surface area contributed by atoms with Crippen molar-refractivity contribution in [2.45, 2.75) is 77.7 Å². The molecule has 0 bridgehead atoms. The van der Waals surface area contributed by atoms with Crippen molar-refractivity contribution in [1.82, 2.24) is 20.0 Å². The van der Waals surface area contributed by atoms with Gasteiger partial charge in [0.2, 0.25) is 17.7 Å². The lowest BCUT2D eigenvalue weighted by Gasteiger charge is -2.42. The number of piperazine rings is 1. The molecule has 1 saturated heterocycles. The fraction of sp³-hybridized carbons (Fsp3) is 0.857. The van der Waals surface area contributed by atoms with Crippen LogP contribution < -0.4 is 0 Å². The molecule has 1 aromatic heterocycles. The van der Waals surface area contributed by atoms with Crippen molar-refractivity contribution in [3.8, 4) is 0 Å². The lowest BCUT2D eigenvalue weighted by atomic mass is 9.86. The standard InChI is InChI=1S/C21H36N4O2/c1-16(2)18-15-24(3)13-14-25(18)21(26)12-11-20-23-22-19(27-20)10-9-17-7-5-4-6-8-17/h16-18H,4-15H2,1-3H3/t18-/m1/s1. The van der Waals surface area contributed by atoms with Crippen LogP contribution in [0.25, 0.3) is 0 Å². The van der Waals surface area contributed by atoms with Crippen LogP contribution in [0, 0.1) is 11.8 Å². The van der Waals surface area contributed by atoms with Crippen LogP contribution in [-0.2, 0) is 17.6 Å². The van der Waals surface area contributed by atoms with Gasteiger partial charge in [-0.25, -0.2) is 0 Å². The molecule has 27 heavy (non-hydrogen) atoms. The third-order valence-corrected chi connectivity index (χ3v) is 6.26. The summed E-state index contributed by atoms with van der Waals surface area (Å²) in [6.45, 7) is 7.10. The van der Waals surface area contributed by atoms with Gasteiger partial charge in [-0.2, -0.15) is 0 Å². The molecule has 2 heterocycles. The molecule has 3 rings (SSSR count). The van der Waals surface area contributed by atoms with E-state index in [0.717, 1.165) is 44.3 Å². The van der Waals surface area contributed by atoms with E-state index in [1.54, 1.807) is 0 Å². The normalized spacial score (nSPS) is 22.5. The van der Waals surface area contributed by atoms with E-state index < -0.39 is 0 Å². The molecule has 1 aliphatic carbocycles. The van der Waals surface area contributed by atoms with Crippen LogP contribution in [0.5, 0.6) is 0 Å². The molecule has 0 unspecified atom stereocenters. The molecule has 1 aliphatic heterocycles. The van der Waals surface area contributed by atoms with Crippen molar-refractivity contribution < 1.29 is 9.21 Å². The number of rotatable bonds is 7. The van der Waals surface area contributed by atoms with Gasteiger partial charge in [-0.05, 0) is 25.3 Å². The number of hydrogen-bond acceptors (Lipinski definition) is 5. The maximum absolute atomic E-state index is 12.7. The van der Waals surface area contributed by atoms with Crippen molar-refractivity contribution in [2.24, 2.45) is 11.8 Å². The number of likely N-dealkylation sites (N-methyl/N-ethyl adjacent to an activating group) is 1. The Balaban J connectivity index is 1.45. The van der Waals surface area contributed by atoms with Gasteiger partial charge in [0.15, 0.2) is 0 Å². The van der Waals surface area contributed by atoms with Crippen molar-refractivity contribution in [2.75, 3.05) is 26.7 Å². The van der Waals surface area contributed by atoms with Gasteiger partial charge < -0.3 is 14.2 Å². The fourth-order valence-electron chi connectivity index (χ4n) is 4.49. The summed E-state index contributed by atoms with van der Waals surface area (Å²) in [6.07, 6.45) is 9.84. The van der Waals surface area contributed by atoms with E-state index in [4.69, 9.17) is 4.42 Å². The Kier molecular flexibility index (Phi) is 7.27. The molecule has 6 heteroatoms. The summed E-state index contributed by atoms with van der Waals surface area (Å²) in [5, 5.41) is 8.36. The Morgan fingerprint density at radius 3 is 2.52 bits per heavy atom. The van der Waals surface area contributed by atoms with Crippen LogP contribution in [0.3, 0.4) is 0 Å². The van der Waals surface area contributed by atoms with Crippen LogP contribution in [0.4, 0.5) is 0 Å². The SMILES string of the molecule is CC(C)[C@H]1CN(C)CCN1C(=O)CCc1nnc(CCC2CCCCC2)o1. The number of carbonyl (C=O) groups is 1. The molecule has 0 N–H and O–H groups in total. The third kappa shape index (κ3) is 5.77. The molecule has 152 valence electrons. The largest absolute Gasteiger partial charge is 0.425 e. The number of carbonyl (C=O) groups excluding carboxylic acids is 1. The molecular formula is C21H36N4O2. The maximum Gasteiger partial charge on any atom is 0.223 e. The zero-order chi connectivity index (χ0) is 19.2. The highest BCUT2D eigenvalue weighted by molar-refractivity contribution is 5.76. The number of aryl methyl sites for hydroxylation is 2. The summed E-state index contributed by atoms with van der Waals surface area (Å²) in [7, 11) is 2.13. The Morgan fingerprint density at radius 1 is 1.11 bits per heavy atom. The molecule has 1 saturated carbocycles. The number of amides is 1. The second-order valence-corrected chi connectivity index (χ2v) is 8.79. The minimum absolute atomic E-state index is 0.212. The molecule has 1 amide bonds. The van der Waals surface area contributed by atoms with Gasteiger partial charge in [0.05, 0.1) is 0 Å². The van der Waals surface area contributed by atoms with Gasteiger partial charge in [-0.1, -0.05) is 46.0 Å². The monoisotopic (exact) mass is 376 g/mol. The Hall–Kier alpha value is -1.43. The van der Waals surface area contributed by atoms with Crippen LogP contribution in [0.15, 0.2) is 4.42 Å². The summed E-state index contributed by atoms with van der Waals surface area (Å²) in [4.78, 5) is 17.1. The minimum atomic E-state index is 0.212. The first-order chi connectivity index (χ1) is 13.0. The Morgan fingerprint density at radius 2 is 1.81 bits per heavy atom. The van der Waals surface area contributed by atoms with E-state index in [9.17, 15) is 4.79 Å². The van der Waals surface area contributed by atoms with Gasteiger partial charge in [0, 0.05) is 44.9 Å². The van der Waals surface area contributed by atoms with E-state index in [2.05, 4.69) is 40.9 Å². The quantitative estimate of drug-likeness (QED) is 0.730. The number of aromatic nitrogens is 2. The first kappa shape index (κ1) is 20.3. The molecule has 0 aromatic carbocycles. The first-order valence-corrected chi connectivity index (χ1v) is 10.8. The Labute approximate surface area is 163 Å². The number of nitrogens with zero attached hydrogens (tertiary/aromatic N) is 4. The minimum Gasteiger partial charge on any atom is -0.425 e. The van der Waals surface area contributed by atoms with Crippen molar-refractivity contribution >= 4 is 5.91 Å². The zero-order valence-electron chi connectivity index (χ0n) is 17.3. The highest BCUT2D eigenvalue weighted by Gasteiger charge is 2.30. The van der Waals surface area contributed by atoms with Gasteiger partial charge in [-0.3, -0.25) is 4.79 Å². The lowest BCUT2D eigenvalue weighted by Crippen LogP contribution is -2.56. The average Bonchev–Trinajstić information content (AvgIpc) is 3.13. The maximum atomic E-state index is 12.7. The molecule has 1 aromatic rings. The summed E-state index contributed by atoms with van der Waals surface area (Å²) < 4.78 is 5.80. The van der Waals surface area contributed by atoms with E-state index >= 15 is 0 Å². The van der Waals surface area contributed by atoms with Crippen LogP contribution in [0.2, 0.25) is 0 Å². The second kappa shape index (κ2) is 9.67. The lowest BCUT2D eigenvalue weighted by molar-refractivity contribution is -0.137. The molecule has 0 radical (unpaired) electrons. The Bertz CT molecular complexity index is 595. The fourth-order valence-corrected chi connectivity index (χ4v) is 4.49. The highest BCUT2D eigenvalue weighted by Crippen LogP contribution is 2.27. The smallest absolute Gasteiger partial charge is 0.223 e. The van der Waals surface area contributed by atoms with Crippen molar-refractivity contribution in [3.63, 3.8) is 0 Å². The van der Waals surface area contributed by atoms with E-state index in [-0.39, 0.29) is 5.91 Å². The van der Waals surface area contributed by atoms with E-state index in [0.29, 0.717) is 30.7 Å². The van der Waals surface area contributed by atoms with Crippen LogP contribution in [0.1, 0.15) is 70.6 Å². The molecular weight excluding hydrogens is 340 g/mol. The molecule has 2 fully saturated rings. The molecule has 2 aliphatic rings. The summed E-state index contributed by atoms with van der Waals surface area (Å²) >= 11 is 0. The highest BCUT2D eigenvalue weighted by atomic mass is 16.4.